The molecule has 7 heteroatoms. The van der Waals surface area contributed by atoms with Gasteiger partial charge in [-0.15, -0.1) is 0 Å². The van der Waals surface area contributed by atoms with E-state index in [1.165, 1.54) is 4.57 Å². The average molecular weight is 366 g/mol. The Balaban J connectivity index is 1.68. The van der Waals surface area contributed by atoms with E-state index in [4.69, 9.17) is 4.52 Å². The molecule has 1 amide bonds. The maximum Gasteiger partial charge on any atom is 0.272 e. The summed E-state index contributed by atoms with van der Waals surface area (Å²) >= 11 is 0. The largest absolute Gasteiger partial charge is 0.361 e. The summed E-state index contributed by atoms with van der Waals surface area (Å²) in [6.07, 6.45) is 2.84. The number of rotatable bonds is 3. The molecule has 0 radical (unpaired) electrons. The van der Waals surface area contributed by atoms with Crippen LogP contribution in [0.3, 0.4) is 0 Å². The molecule has 0 N–H and O–H groups in total. The zero-order valence-corrected chi connectivity index (χ0v) is 15.5. The summed E-state index contributed by atoms with van der Waals surface area (Å²) in [7, 11) is 0. The number of para-hydroxylation sites is 2. The van der Waals surface area contributed by atoms with Crippen LogP contribution in [0.4, 0.5) is 0 Å². The van der Waals surface area contributed by atoms with E-state index in [0.717, 1.165) is 30.7 Å². The number of piperidine rings is 1. The van der Waals surface area contributed by atoms with Crippen LogP contribution in [0, 0.1) is 13.8 Å². The molecule has 1 aliphatic heterocycles. The Kier molecular flexibility index (Phi) is 4.51. The van der Waals surface area contributed by atoms with Crippen molar-refractivity contribution in [2.75, 3.05) is 6.54 Å². The Morgan fingerprint density at radius 2 is 2.07 bits per heavy atom. The summed E-state index contributed by atoms with van der Waals surface area (Å²) < 4.78 is 6.73. The quantitative estimate of drug-likeness (QED) is 0.712. The molecule has 1 atom stereocenters. The van der Waals surface area contributed by atoms with Crippen LogP contribution >= 0.6 is 0 Å². The second-order valence-corrected chi connectivity index (χ2v) is 7.04. The van der Waals surface area contributed by atoms with Crippen LogP contribution in [-0.2, 0) is 11.3 Å². The van der Waals surface area contributed by atoms with E-state index in [1.807, 2.05) is 42.2 Å². The van der Waals surface area contributed by atoms with Crippen LogP contribution in [0.1, 0.15) is 42.5 Å². The first kappa shape index (κ1) is 17.5. The molecule has 0 spiro atoms. The molecule has 3 heterocycles. The van der Waals surface area contributed by atoms with Crippen molar-refractivity contribution < 1.29 is 9.32 Å². The van der Waals surface area contributed by atoms with Gasteiger partial charge in [0.1, 0.15) is 23.7 Å². The van der Waals surface area contributed by atoms with E-state index in [0.29, 0.717) is 23.3 Å². The highest BCUT2D eigenvalue weighted by Crippen LogP contribution is 2.30. The van der Waals surface area contributed by atoms with Crippen molar-refractivity contribution in [3.63, 3.8) is 0 Å². The fraction of sp³-hybridized carbons (Fsp3) is 0.400. The number of hydrogen-bond acceptors (Lipinski definition) is 5. The number of likely N-dealkylation sites (tertiary alicyclic amines) is 1. The number of carbonyl (C=O) groups excluding carboxylic acids is 1. The molecule has 1 aliphatic rings. The van der Waals surface area contributed by atoms with Crippen molar-refractivity contribution in [1.29, 1.82) is 0 Å². The second kappa shape index (κ2) is 6.98. The predicted molar refractivity (Wildman–Crippen MR) is 100 cm³/mol. The van der Waals surface area contributed by atoms with E-state index < -0.39 is 0 Å². The molecular formula is C20H22N4O3. The number of fused-ring (bicyclic) bond motifs is 1. The van der Waals surface area contributed by atoms with E-state index in [-0.39, 0.29) is 24.1 Å². The van der Waals surface area contributed by atoms with Crippen LogP contribution in [-0.4, -0.2) is 32.1 Å². The lowest BCUT2D eigenvalue weighted by Gasteiger charge is -2.34. The normalized spacial score (nSPS) is 17.4. The zero-order chi connectivity index (χ0) is 19.0. The van der Waals surface area contributed by atoms with Crippen molar-refractivity contribution in [3.8, 4) is 0 Å². The monoisotopic (exact) mass is 366 g/mol. The summed E-state index contributed by atoms with van der Waals surface area (Å²) in [4.78, 5) is 32.0. The van der Waals surface area contributed by atoms with Crippen molar-refractivity contribution in [1.82, 2.24) is 19.6 Å². The number of hydrogen-bond donors (Lipinski definition) is 0. The Labute approximate surface area is 156 Å². The number of carbonyl (C=O) groups is 1. The Bertz CT molecular complexity index is 1050. The van der Waals surface area contributed by atoms with Crippen LogP contribution in [0.5, 0.6) is 0 Å². The van der Waals surface area contributed by atoms with Gasteiger partial charge >= 0.3 is 0 Å². The van der Waals surface area contributed by atoms with Crippen molar-refractivity contribution >= 4 is 16.9 Å². The molecule has 3 aromatic rings. The lowest BCUT2D eigenvalue weighted by atomic mass is 9.99. The van der Waals surface area contributed by atoms with Gasteiger partial charge in [0.2, 0.25) is 5.91 Å². The first-order valence-electron chi connectivity index (χ1n) is 9.23. The molecule has 1 aromatic carbocycles. The molecule has 0 aliphatic carbocycles. The second-order valence-electron chi connectivity index (χ2n) is 7.04. The van der Waals surface area contributed by atoms with Crippen LogP contribution in [0.15, 0.2) is 39.6 Å². The third kappa shape index (κ3) is 3.25. The smallest absolute Gasteiger partial charge is 0.272 e. The Hall–Kier alpha value is -2.96. The van der Waals surface area contributed by atoms with E-state index >= 15 is 0 Å². The fourth-order valence-corrected chi connectivity index (χ4v) is 3.78. The first-order valence-corrected chi connectivity index (χ1v) is 9.23. The minimum absolute atomic E-state index is 0.00393. The van der Waals surface area contributed by atoms with Crippen molar-refractivity contribution in [2.24, 2.45) is 0 Å². The highest BCUT2D eigenvalue weighted by Gasteiger charge is 2.30. The lowest BCUT2D eigenvalue weighted by Crippen LogP contribution is -2.42. The molecule has 140 valence electrons. The predicted octanol–water partition coefficient (Wildman–Crippen LogP) is 2.76. The fourth-order valence-electron chi connectivity index (χ4n) is 3.78. The molecule has 27 heavy (non-hydrogen) atoms. The van der Waals surface area contributed by atoms with Crippen LogP contribution in [0.25, 0.3) is 11.0 Å². The van der Waals surface area contributed by atoms with E-state index in [1.54, 1.807) is 6.92 Å². The summed E-state index contributed by atoms with van der Waals surface area (Å²) in [5, 5.41) is 4.11. The Morgan fingerprint density at radius 3 is 2.85 bits per heavy atom. The first-order chi connectivity index (χ1) is 13.0. The molecule has 1 saturated heterocycles. The molecule has 1 fully saturated rings. The molecule has 0 saturated carbocycles. The van der Waals surface area contributed by atoms with E-state index in [9.17, 15) is 9.59 Å². The number of benzene rings is 1. The van der Waals surface area contributed by atoms with Gasteiger partial charge in [-0.3, -0.25) is 14.2 Å². The van der Waals surface area contributed by atoms with Gasteiger partial charge in [0.15, 0.2) is 0 Å². The summed E-state index contributed by atoms with van der Waals surface area (Å²) in [5.41, 5.74) is 2.33. The summed E-state index contributed by atoms with van der Waals surface area (Å²) in [6.45, 7) is 4.18. The van der Waals surface area contributed by atoms with Crippen molar-refractivity contribution in [3.05, 3.63) is 57.8 Å². The molecule has 2 aromatic heterocycles. The molecule has 7 nitrogen and oxygen atoms in total. The van der Waals surface area contributed by atoms with Gasteiger partial charge in [-0.2, -0.15) is 0 Å². The van der Waals surface area contributed by atoms with Gasteiger partial charge in [0.05, 0.1) is 17.1 Å². The number of aromatic nitrogens is 3. The third-order valence-corrected chi connectivity index (χ3v) is 5.12. The lowest BCUT2D eigenvalue weighted by molar-refractivity contribution is -0.135. The van der Waals surface area contributed by atoms with Crippen molar-refractivity contribution in [2.45, 2.75) is 45.7 Å². The highest BCUT2D eigenvalue weighted by molar-refractivity contribution is 5.80. The topological polar surface area (TPSA) is 81.2 Å². The number of nitrogens with zero attached hydrogens (tertiary/aromatic N) is 4. The van der Waals surface area contributed by atoms with Gasteiger partial charge in [0, 0.05) is 12.6 Å². The van der Waals surface area contributed by atoms with Gasteiger partial charge in [-0.25, -0.2) is 4.98 Å². The van der Waals surface area contributed by atoms with Gasteiger partial charge in [0.25, 0.3) is 5.56 Å². The minimum atomic E-state index is -0.229. The average Bonchev–Trinajstić information content (AvgIpc) is 3.11. The molecule has 1 unspecified atom stereocenters. The Morgan fingerprint density at radius 1 is 1.26 bits per heavy atom. The maximum absolute atomic E-state index is 13.2. The van der Waals surface area contributed by atoms with Gasteiger partial charge in [-0.05, 0) is 45.2 Å². The SMILES string of the molecule is Cc1cc(C2CCCCN2C(=O)Cn2c(=O)c(C)nc3ccccc32)no1. The number of amides is 1. The van der Waals surface area contributed by atoms with Gasteiger partial charge in [-0.1, -0.05) is 17.3 Å². The summed E-state index contributed by atoms with van der Waals surface area (Å²) in [5.74, 6) is 0.646. The number of aryl methyl sites for hydroxylation is 2. The van der Waals surface area contributed by atoms with Gasteiger partial charge < -0.3 is 9.42 Å². The van der Waals surface area contributed by atoms with Crippen LogP contribution < -0.4 is 5.56 Å². The maximum atomic E-state index is 13.2. The van der Waals surface area contributed by atoms with E-state index in [2.05, 4.69) is 10.1 Å². The standard InChI is InChI=1S/C20H22N4O3/c1-13-11-16(22-27-13)18-9-5-6-10-23(18)19(25)12-24-17-8-4-3-7-15(17)21-14(2)20(24)26/h3-4,7-8,11,18H,5-6,9-10,12H2,1-2H3. The van der Waals surface area contributed by atoms with Crippen LogP contribution in [0.2, 0.25) is 0 Å². The molecule has 0 bridgehead atoms. The summed E-state index contributed by atoms with van der Waals surface area (Å²) in [6, 6.07) is 9.18. The zero-order valence-electron chi connectivity index (χ0n) is 15.5. The highest BCUT2D eigenvalue weighted by atomic mass is 16.5. The molecular weight excluding hydrogens is 344 g/mol. The minimum Gasteiger partial charge on any atom is -0.361 e. The third-order valence-electron chi connectivity index (χ3n) is 5.12. The molecule has 4 rings (SSSR count).